The van der Waals surface area contributed by atoms with Gasteiger partial charge in [0, 0.05) is 18.6 Å². The monoisotopic (exact) mass is 280 g/mol. The molecule has 0 spiro atoms. The summed E-state index contributed by atoms with van der Waals surface area (Å²) >= 11 is 0. The zero-order chi connectivity index (χ0) is 14.5. The second-order valence-electron chi connectivity index (χ2n) is 7.67. The number of nitrogens with zero attached hydrogens (tertiary/aromatic N) is 1. The minimum atomic E-state index is 0.453. The zero-order valence-corrected chi connectivity index (χ0v) is 14.0. The fourth-order valence-corrected chi connectivity index (χ4v) is 4.40. The van der Waals surface area contributed by atoms with E-state index in [1.165, 1.54) is 64.5 Å². The molecule has 2 rings (SSSR count). The molecule has 2 N–H and O–H groups in total. The largest absolute Gasteiger partial charge is 0.327 e. The van der Waals surface area contributed by atoms with Crippen LogP contribution in [0, 0.1) is 17.8 Å². The Bertz CT molecular complexity index is 275. The van der Waals surface area contributed by atoms with E-state index in [4.69, 9.17) is 5.73 Å². The van der Waals surface area contributed by atoms with Crippen molar-refractivity contribution in [1.82, 2.24) is 4.90 Å². The number of nitrogens with two attached hydrogens (primary N) is 1. The van der Waals surface area contributed by atoms with E-state index in [0.29, 0.717) is 6.04 Å². The van der Waals surface area contributed by atoms with Crippen LogP contribution >= 0.6 is 0 Å². The molecule has 1 aliphatic carbocycles. The molecule has 4 atom stereocenters. The first-order chi connectivity index (χ1) is 9.61. The van der Waals surface area contributed by atoms with Gasteiger partial charge in [0.05, 0.1) is 0 Å². The van der Waals surface area contributed by atoms with Gasteiger partial charge in [-0.1, -0.05) is 33.6 Å². The summed E-state index contributed by atoms with van der Waals surface area (Å²) in [6.07, 6.45) is 10.9. The first-order valence-corrected chi connectivity index (χ1v) is 9.11. The number of hydrogen-bond donors (Lipinski definition) is 1. The lowest BCUT2D eigenvalue weighted by atomic mass is 9.73. The molecule has 1 heterocycles. The van der Waals surface area contributed by atoms with Crippen LogP contribution in [0.25, 0.3) is 0 Å². The Labute approximate surface area is 126 Å². The average molecular weight is 280 g/mol. The van der Waals surface area contributed by atoms with Gasteiger partial charge in [0.2, 0.25) is 0 Å². The van der Waals surface area contributed by atoms with Crippen molar-refractivity contribution in [3.63, 3.8) is 0 Å². The maximum atomic E-state index is 6.45. The maximum Gasteiger partial charge on any atom is 0.00952 e. The highest BCUT2D eigenvalue weighted by Crippen LogP contribution is 2.34. The zero-order valence-electron chi connectivity index (χ0n) is 14.0. The van der Waals surface area contributed by atoms with E-state index in [1.54, 1.807) is 0 Å². The average Bonchev–Trinajstić information content (AvgIpc) is 2.43. The van der Waals surface area contributed by atoms with E-state index >= 15 is 0 Å². The minimum Gasteiger partial charge on any atom is -0.327 e. The number of rotatable bonds is 5. The van der Waals surface area contributed by atoms with Crippen LogP contribution in [0.2, 0.25) is 0 Å². The molecule has 0 radical (unpaired) electrons. The fraction of sp³-hybridized carbons (Fsp3) is 1.00. The van der Waals surface area contributed by atoms with Crippen molar-refractivity contribution in [1.29, 1.82) is 0 Å². The number of likely N-dealkylation sites (tertiary alicyclic amines) is 1. The number of piperidine rings is 1. The van der Waals surface area contributed by atoms with E-state index in [0.717, 1.165) is 23.8 Å². The van der Waals surface area contributed by atoms with Crippen LogP contribution in [0.5, 0.6) is 0 Å². The van der Waals surface area contributed by atoms with Crippen molar-refractivity contribution >= 4 is 0 Å². The van der Waals surface area contributed by atoms with Crippen molar-refractivity contribution in [2.24, 2.45) is 23.5 Å². The SMILES string of the molecule is CCCC1CCCCN1CC1CC(C(C)C)CCC1N. The molecule has 20 heavy (non-hydrogen) atoms. The predicted molar refractivity (Wildman–Crippen MR) is 87.8 cm³/mol. The van der Waals surface area contributed by atoms with E-state index in [1.807, 2.05) is 0 Å². The van der Waals surface area contributed by atoms with Crippen molar-refractivity contribution in [3.8, 4) is 0 Å². The molecule has 0 amide bonds. The predicted octanol–water partition coefficient (Wildman–Crippen LogP) is 4.04. The van der Waals surface area contributed by atoms with Crippen LogP contribution in [0.15, 0.2) is 0 Å². The highest BCUT2D eigenvalue weighted by Gasteiger charge is 2.32. The summed E-state index contributed by atoms with van der Waals surface area (Å²) in [4.78, 5) is 2.79. The molecule has 2 aliphatic rings. The van der Waals surface area contributed by atoms with Crippen LogP contribution in [-0.2, 0) is 0 Å². The topological polar surface area (TPSA) is 29.3 Å². The maximum absolute atomic E-state index is 6.45. The van der Waals surface area contributed by atoms with Gasteiger partial charge in [-0.15, -0.1) is 0 Å². The third-order valence-electron chi connectivity index (χ3n) is 5.86. The quantitative estimate of drug-likeness (QED) is 0.823. The van der Waals surface area contributed by atoms with Crippen molar-refractivity contribution in [2.45, 2.75) is 84.2 Å². The standard InChI is InChI=1S/C18H36N2/c1-4-7-17-8-5-6-11-20(17)13-16-12-15(14(2)3)9-10-18(16)19/h14-18H,4-13,19H2,1-3H3. The molecule has 4 unspecified atom stereocenters. The second-order valence-corrected chi connectivity index (χ2v) is 7.67. The Kier molecular flexibility index (Phi) is 6.35. The Balaban J connectivity index is 1.91. The highest BCUT2D eigenvalue weighted by atomic mass is 15.2. The molecule has 2 fully saturated rings. The van der Waals surface area contributed by atoms with Gasteiger partial charge in [-0.05, 0) is 62.8 Å². The smallest absolute Gasteiger partial charge is 0.00952 e. The lowest BCUT2D eigenvalue weighted by Crippen LogP contribution is -2.48. The van der Waals surface area contributed by atoms with Gasteiger partial charge < -0.3 is 10.6 Å². The summed E-state index contributed by atoms with van der Waals surface area (Å²) in [5.74, 6) is 2.49. The van der Waals surface area contributed by atoms with Crippen molar-refractivity contribution < 1.29 is 0 Å². The Morgan fingerprint density at radius 2 is 1.95 bits per heavy atom. The first kappa shape index (κ1) is 16.3. The van der Waals surface area contributed by atoms with Gasteiger partial charge in [0.1, 0.15) is 0 Å². The summed E-state index contributed by atoms with van der Waals surface area (Å²) in [5, 5.41) is 0. The molecule has 118 valence electrons. The van der Waals surface area contributed by atoms with Crippen LogP contribution in [-0.4, -0.2) is 30.1 Å². The second kappa shape index (κ2) is 7.79. The lowest BCUT2D eigenvalue weighted by molar-refractivity contribution is 0.0821. The highest BCUT2D eigenvalue weighted by molar-refractivity contribution is 4.88. The molecule has 0 aromatic heterocycles. The fourth-order valence-electron chi connectivity index (χ4n) is 4.40. The molecule has 2 heteroatoms. The third-order valence-corrected chi connectivity index (χ3v) is 5.86. The van der Waals surface area contributed by atoms with Crippen LogP contribution in [0.3, 0.4) is 0 Å². The molecule has 0 aromatic rings. The van der Waals surface area contributed by atoms with Gasteiger partial charge >= 0.3 is 0 Å². The Morgan fingerprint density at radius 1 is 1.15 bits per heavy atom. The molecule has 1 saturated carbocycles. The van der Waals surface area contributed by atoms with Crippen molar-refractivity contribution in [3.05, 3.63) is 0 Å². The van der Waals surface area contributed by atoms with Crippen LogP contribution in [0.4, 0.5) is 0 Å². The van der Waals surface area contributed by atoms with Gasteiger partial charge in [0.25, 0.3) is 0 Å². The van der Waals surface area contributed by atoms with Gasteiger partial charge in [-0.3, -0.25) is 0 Å². The molecular formula is C18H36N2. The van der Waals surface area contributed by atoms with E-state index in [-0.39, 0.29) is 0 Å². The summed E-state index contributed by atoms with van der Waals surface area (Å²) in [6, 6.07) is 1.30. The Hall–Kier alpha value is -0.0800. The van der Waals surface area contributed by atoms with Crippen LogP contribution < -0.4 is 5.73 Å². The molecule has 2 nitrogen and oxygen atoms in total. The van der Waals surface area contributed by atoms with E-state index < -0.39 is 0 Å². The molecule has 1 aliphatic heterocycles. The van der Waals surface area contributed by atoms with Gasteiger partial charge in [-0.2, -0.15) is 0 Å². The van der Waals surface area contributed by atoms with Crippen molar-refractivity contribution in [2.75, 3.05) is 13.1 Å². The molecule has 1 saturated heterocycles. The van der Waals surface area contributed by atoms with Gasteiger partial charge in [-0.25, -0.2) is 0 Å². The summed E-state index contributed by atoms with van der Waals surface area (Å²) < 4.78 is 0. The van der Waals surface area contributed by atoms with Gasteiger partial charge in [0.15, 0.2) is 0 Å². The Morgan fingerprint density at radius 3 is 2.65 bits per heavy atom. The molecule has 0 aromatic carbocycles. The summed E-state index contributed by atoms with van der Waals surface area (Å²) in [6.45, 7) is 9.70. The number of hydrogen-bond acceptors (Lipinski definition) is 2. The summed E-state index contributed by atoms with van der Waals surface area (Å²) in [5.41, 5.74) is 6.45. The molecular weight excluding hydrogens is 244 g/mol. The first-order valence-electron chi connectivity index (χ1n) is 9.11. The molecule has 0 bridgehead atoms. The lowest BCUT2D eigenvalue weighted by Gasteiger charge is -2.42. The normalized spacial score (nSPS) is 36.5. The van der Waals surface area contributed by atoms with Crippen LogP contribution in [0.1, 0.15) is 72.1 Å². The third kappa shape index (κ3) is 4.21. The summed E-state index contributed by atoms with van der Waals surface area (Å²) in [7, 11) is 0. The van der Waals surface area contributed by atoms with E-state index in [2.05, 4.69) is 25.7 Å². The minimum absolute atomic E-state index is 0.453. The van der Waals surface area contributed by atoms with E-state index in [9.17, 15) is 0 Å².